The number of phosphoric acid groups is 6. The van der Waals surface area contributed by atoms with E-state index in [1.807, 2.05) is 0 Å². The second-order valence-corrected chi connectivity index (χ2v) is 12.7. The van der Waals surface area contributed by atoms with Crippen molar-refractivity contribution in [1.82, 2.24) is 0 Å². The van der Waals surface area contributed by atoms with Crippen LogP contribution in [0, 0.1) is 0 Å². The Hall–Kier alpha value is 12.7. The molecule has 1 aliphatic carbocycles. The van der Waals surface area contributed by atoms with Gasteiger partial charge in [-0.05, 0) is 0 Å². The third-order valence-corrected chi connectivity index (χ3v) is 6.46. The molecule has 1 radical (unpaired) electrons. The van der Waals surface area contributed by atoms with Crippen molar-refractivity contribution in [3.05, 3.63) is 0 Å². The van der Waals surface area contributed by atoms with Crippen LogP contribution < -0.4 is 384 Å². The summed E-state index contributed by atoms with van der Waals surface area (Å²) in [5.41, 5.74) is 0. The SMILES string of the molecule is O=P([O-])([O-])OC1C(OP(=O)([O-])[O-])C(OP(=O)([O-])[O-])C(OP(=O)([O-])[O-])C(OP(=O)([O-])[O-])C1OP(=O)([O-])[O-].[Na+].[Na+].[Na+].[Na+].[Na+].[Na+].[Na+].[Na+].[Na+].[Na+].[Na+].[Na]. The molecule has 217 valence electrons. The van der Waals surface area contributed by atoms with Gasteiger partial charge in [-0.25, -0.2) is 0 Å². The van der Waals surface area contributed by atoms with Gasteiger partial charge in [-0.15, -0.1) is 0 Å². The minimum absolute atomic E-state index is 0. The van der Waals surface area contributed by atoms with Crippen LogP contribution in [0.1, 0.15) is 0 Å². The molecule has 0 spiro atoms. The summed E-state index contributed by atoms with van der Waals surface area (Å²) in [5.74, 6) is 0. The standard InChI is InChI=1S/C6H18O24P6.12Na/c7-31(8,9)25-1-2(26-32(10,11)12)4(28-34(16,17)18)6(30-36(22,23)24)5(29-35(19,20)21)3(1)27-33(13,14)15;;;;;;;;;;;;/h1-6H,(H2,7,8,9)(H2,10,11,12)(H2,13,14,15)(H2,16,17,18)(H2,19,20,21)(H2,22,23,24);;;;;;;;;;;;/q;;11*+1/p-12. The number of phosphoric ester groups is 6. The molecule has 0 saturated heterocycles. The first-order valence-corrected chi connectivity index (χ1v) is 16.6. The van der Waals surface area contributed by atoms with Gasteiger partial charge in [0.25, 0.3) is 0 Å². The summed E-state index contributed by atoms with van der Waals surface area (Å²) >= 11 is 0. The van der Waals surface area contributed by atoms with Gasteiger partial charge in [-0.3, -0.25) is 0 Å². The predicted molar refractivity (Wildman–Crippen MR) is 80.6 cm³/mol. The molecule has 0 aromatic carbocycles. The maximum Gasteiger partial charge on any atom is 1.00 e. The van der Waals surface area contributed by atoms with E-state index in [1.165, 1.54) is 0 Å². The monoisotopic (exact) mass is 924 g/mol. The van der Waals surface area contributed by atoms with Crippen molar-refractivity contribution in [2.45, 2.75) is 36.6 Å². The van der Waals surface area contributed by atoms with Crippen LogP contribution in [0.5, 0.6) is 0 Å². The second-order valence-electron chi connectivity index (χ2n) is 6.10. The van der Waals surface area contributed by atoms with Gasteiger partial charge >= 0.3 is 325 Å². The van der Waals surface area contributed by atoms with Gasteiger partial charge in [0.05, 0.1) is 46.9 Å². The van der Waals surface area contributed by atoms with Crippen molar-refractivity contribution in [3.63, 3.8) is 0 Å². The van der Waals surface area contributed by atoms with Crippen LogP contribution in [0.25, 0.3) is 0 Å². The fraction of sp³-hybridized carbons (Fsp3) is 1.00. The molecule has 0 N–H and O–H groups in total. The van der Waals surface area contributed by atoms with Gasteiger partial charge < -0.3 is 113 Å². The van der Waals surface area contributed by atoms with Gasteiger partial charge in [0.2, 0.25) is 0 Å². The summed E-state index contributed by atoms with van der Waals surface area (Å²) in [7, 11) is -40.1. The zero-order valence-electron chi connectivity index (χ0n) is 27.9. The molecule has 1 saturated carbocycles. The number of hydrogen-bond donors (Lipinski definition) is 0. The van der Waals surface area contributed by atoms with E-state index in [-0.39, 0.29) is 355 Å². The first kappa shape index (κ1) is 91.2. The van der Waals surface area contributed by atoms with E-state index >= 15 is 0 Å². The summed E-state index contributed by atoms with van der Waals surface area (Å²) < 4.78 is 88.3. The molecule has 1 aliphatic rings. The molecule has 24 nitrogen and oxygen atoms in total. The van der Waals surface area contributed by atoms with Crippen LogP contribution in [-0.4, -0.2) is 66.2 Å². The number of hydrogen-bond acceptors (Lipinski definition) is 24. The molecule has 0 bridgehead atoms. The Morgan fingerprint density at radius 3 is 0.354 bits per heavy atom. The Bertz CT molecular complexity index is 857. The third kappa shape index (κ3) is 43.9. The summed E-state index contributed by atoms with van der Waals surface area (Å²) in [6.07, 6.45) is -21.5. The Morgan fingerprint density at radius 2 is 0.312 bits per heavy atom. The smallest absolute Gasteiger partial charge is 0.790 e. The van der Waals surface area contributed by atoms with E-state index in [9.17, 15) is 86.1 Å². The van der Waals surface area contributed by atoms with Crippen molar-refractivity contribution < 1.29 is 438 Å². The predicted octanol–water partition coefficient (Wildman–Crippen LogP) is -44.1. The van der Waals surface area contributed by atoms with Gasteiger partial charge in [-0.2, -0.15) is 0 Å². The van der Waals surface area contributed by atoms with Crippen LogP contribution in [0.15, 0.2) is 0 Å². The second kappa shape index (κ2) is 38.9. The number of rotatable bonds is 12. The van der Waals surface area contributed by atoms with Crippen LogP contribution in [0.4, 0.5) is 0 Å². The van der Waals surface area contributed by atoms with E-state index in [2.05, 4.69) is 27.1 Å². The zero-order valence-corrected chi connectivity index (χ0v) is 57.3. The maximum atomic E-state index is 11.1. The molecule has 1 rings (SSSR count). The van der Waals surface area contributed by atoms with E-state index in [0.717, 1.165) is 0 Å². The fourth-order valence-corrected chi connectivity index (χ4v) is 5.96. The Balaban J connectivity index is -0.000000108. The minimum Gasteiger partial charge on any atom is -0.790 e. The molecule has 42 heteroatoms. The fourth-order valence-electron chi connectivity index (χ4n) is 2.74. The maximum absolute atomic E-state index is 11.1. The average Bonchev–Trinajstić information content (AvgIpc) is 2.51. The van der Waals surface area contributed by atoms with Crippen LogP contribution in [0.2, 0.25) is 0 Å². The molecular formula is C6H6Na12O24P6-. The average molecular weight is 924 g/mol. The Kier molecular flexibility index (Phi) is 73.9. The normalized spacial score (nSPS) is 22.0. The van der Waals surface area contributed by atoms with Gasteiger partial charge in [0, 0.05) is 29.6 Å². The van der Waals surface area contributed by atoms with Crippen LogP contribution in [-0.2, 0) is 54.5 Å². The topological polar surface area (TPSA) is 435 Å². The van der Waals surface area contributed by atoms with E-state index in [1.54, 1.807) is 0 Å². The van der Waals surface area contributed by atoms with Crippen molar-refractivity contribution >= 4 is 76.5 Å². The summed E-state index contributed by atoms with van der Waals surface area (Å²) in [5, 5.41) is 0. The van der Waals surface area contributed by atoms with Gasteiger partial charge in [0.1, 0.15) is 36.6 Å². The Labute approximate surface area is 538 Å². The van der Waals surface area contributed by atoms with Crippen molar-refractivity contribution in [2.24, 2.45) is 0 Å². The zero-order chi connectivity index (χ0) is 28.7. The van der Waals surface area contributed by atoms with Gasteiger partial charge in [0.15, 0.2) is 0 Å². The molecule has 0 amide bonds. The molecule has 0 heterocycles. The summed E-state index contributed by atoms with van der Waals surface area (Å²) in [6, 6.07) is 0. The third-order valence-electron chi connectivity index (χ3n) is 3.45. The van der Waals surface area contributed by atoms with E-state index in [0.29, 0.717) is 0 Å². The molecular weight excluding hydrogens is 918 g/mol. The van der Waals surface area contributed by atoms with E-state index < -0.39 is 83.6 Å². The Morgan fingerprint density at radius 1 is 0.250 bits per heavy atom. The summed E-state index contributed by atoms with van der Waals surface area (Å²) in [6.45, 7) is 0. The van der Waals surface area contributed by atoms with Crippen molar-refractivity contribution in [3.8, 4) is 0 Å². The van der Waals surface area contributed by atoms with E-state index in [4.69, 9.17) is 0 Å². The quantitative estimate of drug-likeness (QED) is 0.129. The first-order chi connectivity index (χ1) is 15.6. The van der Waals surface area contributed by atoms with Crippen molar-refractivity contribution in [1.29, 1.82) is 0 Å². The minimum atomic E-state index is -6.68. The van der Waals surface area contributed by atoms with Crippen LogP contribution >= 0.6 is 46.9 Å². The largest absolute Gasteiger partial charge is 1.00 e. The van der Waals surface area contributed by atoms with Crippen molar-refractivity contribution in [2.75, 3.05) is 0 Å². The molecule has 0 aromatic heterocycles. The van der Waals surface area contributed by atoms with Gasteiger partial charge in [-0.1, -0.05) is 0 Å². The molecule has 1 fully saturated rings. The molecule has 0 unspecified atom stereocenters. The molecule has 0 atom stereocenters. The summed E-state index contributed by atoms with van der Waals surface area (Å²) in [4.78, 5) is 133. The molecule has 48 heavy (non-hydrogen) atoms. The molecule has 0 aliphatic heterocycles. The first-order valence-electron chi connectivity index (χ1n) is 7.80. The van der Waals surface area contributed by atoms with Crippen LogP contribution in [0.3, 0.4) is 0 Å². The molecule has 0 aromatic rings.